The zero-order valence-electron chi connectivity index (χ0n) is 11.4. The number of amides is 1. The van der Waals surface area contributed by atoms with Gasteiger partial charge < -0.3 is 5.32 Å². The van der Waals surface area contributed by atoms with Gasteiger partial charge in [0.1, 0.15) is 11.6 Å². The fourth-order valence-electron chi connectivity index (χ4n) is 1.85. The molecule has 2 aromatic carbocycles. The van der Waals surface area contributed by atoms with Crippen LogP contribution in [0.15, 0.2) is 40.9 Å². The quantitative estimate of drug-likeness (QED) is 0.883. The van der Waals surface area contributed by atoms with Crippen molar-refractivity contribution in [2.24, 2.45) is 0 Å². The fourth-order valence-corrected chi connectivity index (χ4v) is 2.28. The first kappa shape index (κ1) is 15.6. The Kier molecular flexibility index (Phi) is 5.07. The van der Waals surface area contributed by atoms with Crippen LogP contribution in [-0.4, -0.2) is 12.5 Å². The smallest absolute Gasteiger partial charge is 0.251 e. The topological polar surface area (TPSA) is 29.1 Å². The van der Waals surface area contributed by atoms with E-state index in [1.165, 1.54) is 12.1 Å². The van der Waals surface area contributed by atoms with Crippen molar-refractivity contribution in [3.05, 3.63) is 69.2 Å². The summed E-state index contributed by atoms with van der Waals surface area (Å²) in [6.45, 7) is 2.04. The van der Waals surface area contributed by atoms with E-state index in [2.05, 4.69) is 21.2 Å². The highest BCUT2D eigenvalue weighted by Gasteiger charge is 2.08. The van der Waals surface area contributed by atoms with E-state index in [0.29, 0.717) is 28.6 Å². The first-order valence-corrected chi connectivity index (χ1v) is 7.25. The molecule has 2 nitrogen and oxygen atoms in total. The van der Waals surface area contributed by atoms with Crippen LogP contribution in [0.3, 0.4) is 0 Å². The van der Waals surface area contributed by atoms with Gasteiger partial charge in [0.25, 0.3) is 5.91 Å². The first-order valence-electron chi connectivity index (χ1n) is 6.45. The van der Waals surface area contributed by atoms with Crippen molar-refractivity contribution >= 4 is 21.8 Å². The summed E-state index contributed by atoms with van der Waals surface area (Å²) in [5.74, 6) is -1.04. The molecule has 0 radical (unpaired) electrons. The summed E-state index contributed by atoms with van der Waals surface area (Å²) in [7, 11) is 0. The lowest BCUT2D eigenvalue weighted by atomic mass is 10.1. The van der Waals surface area contributed by atoms with Crippen LogP contribution < -0.4 is 5.32 Å². The number of hydrogen-bond acceptors (Lipinski definition) is 1. The van der Waals surface area contributed by atoms with Crippen molar-refractivity contribution in [1.29, 1.82) is 0 Å². The van der Waals surface area contributed by atoms with Gasteiger partial charge in [0.05, 0.1) is 4.47 Å². The fraction of sp³-hybridized carbons (Fsp3) is 0.188. The number of benzene rings is 2. The van der Waals surface area contributed by atoms with Crippen LogP contribution in [-0.2, 0) is 6.42 Å². The van der Waals surface area contributed by atoms with E-state index < -0.39 is 5.82 Å². The Morgan fingerprint density at radius 2 is 1.90 bits per heavy atom. The maximum absolute atomic E-state index is 13.4. The van der Waals surface area contributed by atoms with Crippen LogP contribution in [0.4, 0.5) is 8.78 Å². The molecule has 0 aromatic heterocycles. The van der Waals surface area contributed by atoms with Gasteiger partial charge in [-0.3, -0.25) is 4.79 Å². The lowest BCUT2D eigenvalue weighted by Gasteiger charge is -2.07. The van der Waals surface area contributed by atoms with E-state index in [1.807, 2.05) is 0 Å². The molecule has 110 valence electrons. The van der Waals surface area contributed by atoms with Crippen molar-refractivity contribution in [1.82, 2.24) is 5.32 Å². The van der Waals surface area contributed by atoms with Crippen molar-refractivity contribution < 1.29 is 13.6 Å². The Labute approximate surface area is 130 Å². The second-order valence-electron chi connectivity index (χ2n) is 4.72. The molecule has 1 amide bonds. The van der Waals surface area contributed by atoms with Crippen molar-refractivity contribution in [3.8, 4) is 0 Å². The van der Waals surface area contributed by atoms with Gasteiger partial charge in [-0.2, -0.15) is 0 Å². The standard InChI is InChI=1S/C16H14BrF2NO/c1-10-2-4-12(9-15(10)19)16(21)20-7-6-11-3-5-14(18)13(17)8-11/h2-5,8-9H,6-7H2,1H3,(H,20,21). The van der Waals surface area contributed by atoms with Crippen molar-refractivity contribution in [3.63, 3.8) is 0 Å². The summed E-state index contributed by atoms with van der Waals surface area (Å²) < 4.78 is 26.9. The molecule has 0 bridgehead atoms. The Morgan fingerprint density at radius 1 is 1.14 bits per heavy atom. The Bertz CT molecular complexity index is 673. The summed E-state index contributed by atoms with van der Waals surface area (Å²) in [5.41, 5.74) is 1.69. The number of carbonyl (C=O) groups is 1. The van der Waals surface area contributed by atoms with E-state index in [9.17, 15) is 13.6 Å². The van der Waals surface area contributed by atoms with Crippen LogP contribution in [0.5, 0.6) is 0 Å². The molecule has 0 saturated carbocycles. The van der Waals surface area contributed by atoms with Gasteiger partial charge in [0.2, 0.25) is 0 Å². The Morgan fingerprint density at radius 3 is 2.57 bits per heavy atom. The highest BCUT2D eigenvalue weighted by atomic mass is 79.9. The predicted octanol–water partition coefficient (Wildman–Crippen LogP) is 4.01. The van der Waals surface area contributed by atoms with Crippen LogP contribution in [0.1, 0.15) is 21.5 Å². The lowest BCUT2D eigenvalue weighted by molar-refractivity contribution is 0.0953. The number of hydrogen-bond donors (Lipinski definition) is 1. The summed E-state index contributed by atoms with van der Waals surface area (Å²) >= 11 is 3.11. The summed E-state index contributed by atoms with van der Waals surface area (Å²) in [6.07, 6.45) is 0.568. The molecule has 2 rings (SSSR count). The number of rotatable bonds is 4. The number of nitrogens with one attached hydrogen (secondary N) is 1. The van der Waals surface area contributed by atoms with Crippen LogP contribution in [0.2, 0.25) is 0 Å². The second kappa shape index (κ2) is 6.80. The molecule has 5 heteroatoms. The zero-order valence-corrected chi connectivity index (χ0v) is 13.0. The van der Waals surface area contributed by atoms with Crippen LogP contribution in [0, 0.1) is 18.6 Å². The molecule has 0 spiro atoms. The minimum absolute atomic E-state index is 0.290. The van der Waals surface area contributed by atoms with Gasteiger partial charge in [-0.15, -0.1) is 0 Å². The normalized spacial score (nSPS) is 10.5. The van der Waals surface area contributed by atoms with Crippen molar-refractivity contribution in [2.45, 2.75) is 13.3 Å². The molecule has 0 atom stereocenters. The van der Waals surface area contributed by atoms with Crippen LogP contribution in [0.25, 0.3) is 0 Å². The SMILES string of the molecule is Cc1ccc(C(=O)NCCc2ccc(F)c(Br)c2)cc1F. The third kappa shape index (κ3) is 4.11. The predicted molar refractivity (Wildman–Crippen MR) is 81.3 cm³/mol. The van der Waals surface area contributed by atoms with E-state index in [4.69, 9.17) is 0 Å². The molecule has 0 saturated heterocycles. The van der Waals surface area contributed by atoms with Gasteiger partial charge in [0.15, 0.2) is 0 Å². The molecule has 1 N–H and O–H groups in total. The largest absolute Gasteiger partial charge is 0.352 e. The van der Waals surface area contributed by atoms with Gasteiger partial charge >= 0.3 is 0 Å². The van der Waals surface area contributed by atoms with Crippen molar-refractivity contribution in [2.75, 3.05) is 6.54 Å². The molecule has 0 aliphatic rings. The molecular weight excluding hydrogens is 340 g/mol. The highest BCUT2D eigenvalue weighted by Crippen LogP contribution is 2.17. The summed E-state index contributed by atoms with van der Waals surface area (Å²) in [4.78, 5) is 11.9. The second-order valence-corrected chi connectivity index (χ2v) is 5.57. The molecular formula is C16H14BrF2NO. The van der Waals surface area contributed by atoms with E-state index in [0.717, 1.165) is 5.56 Å². The average Bonchev–Trinajstić information content (AvgIpc) is 2.45. The molecule has 0 fully saturated rings. The number of carbonyl (C=O) groups excluding carboxylic acids is 1. The van der Waals surface area contributed by atoms with E-state index in [-0.39, 0.29) is 11.7 Å². The number of halogens is 3. The first-order chi connectivity index (χ1) is 9.97. The third-order valence-corrected chi connectivity index (χ3v) is 3.72. The lowest BCUT2D eigenvalue weighted by Crippen LogP contribution is -2.25. The maximum atomic E-state index is 13.4. The summed E-state index contributed by atoms with van der Waals surface area (Å²) in [5, 5.41) is 2.71. The third-order valence-electron chi connectivity index (χ3n) is 3.12. The zero-order chi connectivity index (χ0) is 15.4. The van der Waals surface area contributed by atoms with E-state index in [1.54, 1.807) is 31.2 Å². The molecule has 21 heavy (non-hydrogen) atoms. The van der Waals surface area contributed by atoms with Gasteiger partial charge in [-0.1, -0.05) is 12.1 Å². The van der Waals surface area contributed by atoms with E-state index >= 15 is 0 Å². The Balaban J connectivity index is 1.92. The molecule has 2 aromatic rings. The maximum Gasteiger partial charge on any atom is 0.251 e. The minimum Gasteiger partial charge on any atom is -0.352 e. The average molecular weight is 354 g/mol. The van der Waals surface area contributed by atoms with Gasteiger partial charge in [-0.05, 0) is 64.7 Å². The highest BCUT2D eigenvalue weighted by molar-refractivity contribution is 9.10. The minimum atomic E-state index is -0.398. The summed E-state index contributed by atoms with van der Waals surface area (Å²) in [6, 6.07) is 9.09. The monoisotopic (exact) mass is 353 g/mol. The number of aryl methyl sites for hydroxylation is 1. The van der Waals surface area contributed by atoms with Gasteiger partial charge in [-0.25, -0.2) is 8.78 Å². The van der Waals surface area contributed by atoms with Crippen LogP contribution >= 0.6 is 15.9 Å². The molecule has 0 heterocycles. The molecule has 0 aliphatic carbocycles. The molecule has 0 aliphatic heterocycles. The molecule has 0 unspecified atom stereocenters. The van der Waals surface area contributed by atoms with Gasteiger partial charge in [0, 0.05) is 12.1 Å². The Hall–Kier alpha value is -1.75.